The molecule has 0 atom stereocenters. The van der Waals surface area contributed by atoms with Gasteiger partial charge in [-0.25, -0.2) is 0 Å². The first-order valence-corrected chi connectivity index (χ1v) is 17.2. The summed E-state index contributed by atoms with van der Waals surface area (Å²) in [7, 11) is 0. The van der Waals surface area contributed by atoms with Crippen molar-refractivity contribution in [3.05, 3.63) is 198 Å². The van der Waals surface area contributed by atoms with Crippen molar-refractivity contribution in [1.82, 2.24) is 4.57 Å². The summed E-state index contributed by atoms with van der Waals surface area (Å²) in [5, 5.41) is 8.88. The molecule has 3 nitrogen and oxygen atoms in total. The number of nitrogens with one attached hydrogen (secondary N) is 1. The van der Waals surface area contributed by atoms with Gasteiger partial charge in [0.05, 0.1) is 16.4 Å². The molecule has 8 aromatic carbocycles. The summed E-state index contributed by atoms with van der Waals surface area (Å²) in [4.78, 5) is 0. The molecule has 9 aromatic rings. The number of ether oxygens (including phenoxy) is 1. The summed E-state index contributed by atoms with van der Waals surface area (Å²) in [6.45, 7) is 0. The summed E-state index contributed by atoms with van der Waals surface area (Å²) in [6.07, 6.45) is 0. The molecule has 3 heteroatoms. The lowest BCUT2D eigenvalue weighted by molar-refractivity contribution is 0.436. The average molecular weight is 639 g/mol. The van der Waals surface area contributed by atoms with Crippen LogP contribution in [0, 0.1) is 0 Å². The highest BCUT2D eigenvalue weighted by Crippen LogP contribution is 2.64. The molecule has 2 heterocycles. The van der Waals surface area contributed by atoms with Crippen LogP contribution < -0.4 is 10.1 Å². The maximum Gasteiger partial charge on any atom is 0.132 e. The van der Waals surface area contributed by atoms with Crippen molar-refractivity contribution in [2.45, 2.75) is 5.41 Å². The van der Waals surface area contributed by atoms with E-state index in [2.05, 4.69) is 186 Å². The number of para-hydroxylation sites is 4. The first-order chi connectivity index (χ1) is 24.8. The molecule has 234 valence electrons. The second-order valence-electron chi connectivity index (χ2n) is 13.3. The molecule has 0 saturated heterocycles. The van der Waals surface area contributed by atoms with Crippen LogP contribution in [0.3, 0.4) is 0 Å². The fourth-order valence-electron chi connectivity index (χ4n) is 8.87. The second-order valence-corrected chi connectivity index (χ2v) is 13.3. The van der Waals surface area contributed by atoms with Gasteiger partial charge >= 0.3 is 0 Å². The smallest absolute Gasteiger partial charge is 0.132 e. The van der Waals surface area contributed by atoms with Crippen molar-refractivity contribution in [2.75, 3.05) is 5.32 Å². The molecule has 0 fully saturated rings. The summed E-state index contributed by atoms with van der Waals surface area (Å²) in [6, 6.07) is 63.4. The number of aromatic nitrogens is 1. The Morgan fingerprint density at radius 1 is 0.440 bits per heavy atom. The molecule has 0 bridgehead atoms. The molecule has 1 aromatic heterocycles. The third-order valence-electron chi connectivity index (χ3n) is 10.8. The maximum atomic E-state index is 6.60. The Morgan fingerprint density at radius 2 is 1.08 bits per heavy atom. The van der Waals surface area contributed by atoms with Crippen LogP contribution in [-0.2, 0) is 5.41 Å². The Kier molecular flexibility index (Phi) is 5.59. The highest BCUT2D eigenvalue weighted by Gasteiger charge is 2.52. The minimum atomic E-state index is -0.537. The predicted molar refractivity (Wildman–Crippen MR) is 205 cm³/mol. The molecule has 0 amide bonds. The molecule has 1 aliphatic heterocycles. The van der Waals surface area contributed by atoms with E-state index in [4.69, 9.17) is 4.74 Å². The van der Waals surface area contributed by atoms with E-state index >= 15 is 0 Å². The van der Waals surface area contributed by atoms with Crippen LogP contribution in [0.4, 0.5) is 11.4 Å². The molecule has 0 radical (unpaired) electrons. The van der Waals surface area contributed by atoms with Gasteiger partial charge in [-0.2, -0.15) is 0 Å². The van der Waals surface area contributed by atoms with Gasteiger partial charge in [0.2, 0.25) is 0 Å². The first kappa shape index (κ1) is 27.4. The van der Waals surface area contributed by atoms with Crippen LogP contribution in [0.25, 0.3) is 49.4 Å². The van der Waals surface area contributed by atoms with Gasteiger partial charge < -0.3 is 14.6 Å². The zero-order valence-corrected chi connectivity index (χ0v) is 27.1. The molecular formula is C47H30N2O. The summed E-state index contributed by atoms with van der Waals surface area (Å²) < 4.78 is 8.96. The Bertz CT molecular complexity index is 2780. The Labute approximate surface area is 289 Å². The highest BCUT2D eigenvalue weighted by molar-refractivity contribution is 6.11. The van der Waals surface area contributed by atoms with Crippen molar-refractivity contribution >= 4 is 44.0 Å². The molecule has 2 aliphatic rings. The Balaban J connectivity index is 1.18. The third-order valence-corrected chi connectivity index (χ3v) is 10.8. The van der Waals surface area contributed by atoms with E-state index in [-0.39, 0.29) is 0 Å². The van der Waals surface area contributed by atoms with Crippen LogP contribution in [0.2, 0.25) is 0 Å². The molecule has 0 saturated carbocycles. The van der Waals surface area contributed by atoms with Gasteiger partial charge in [0.25, 0.3) is 0 Å². The number of hydrogen-bond donors (Lipinski definition) is 1. The summed E-state index contributed by atoms with van der Waals surface area (Å²) in [5.41, 5.74) is 12.5. The SMILES string of the molecule is c1ccc(-n2c3ccccc3c3cc(Nc4cccc5c4-c4c(ccc6ccccc46)C54c5ccccc5Oc5ccccc54)ccc32)cc1. The fraction of sp³-hybridized carbons (Fsp3) is 0.0213. The zero-order valence-electron chi connectivity index (χ0n) is 27.1. The molecule has 1 N–H and O–H groups in total. The predicted octanol–water partition coefficient (Wildman–Crippen LogP) is 12.1. The van der Waals surface area contributed by atoms with Crippen molar-refractivity contribution in [2.24, 2.45) is 0 Å². The van der Waals surface area contributed by atoms with Crippen LogP contribution >= 0.6 is 0 Å². The number of fused-ring (bicyclic) bond motifs is 14. The standard InChI is InChI=1S/C47H30N2O/c1-2-14-32(15-3-1)49-41-22-9-6-17-34(41)35-29-31(26-28-42(35)49)48-40-21-12-20-38-46(40)45-33-16-5-4-13-30(33)25-27-39(45)47(38)36-18-7-10-23-43(36)50-44-24-11-8-19-37(44)47/h1-29,48H. The van der Waals surface area contributed by atoms with Gasteiger partial charge in [0.15, 0.2) is 0 Å². The van der Waals surface area contributed by atoms with E-state index in [1.807, 2.05) is 0 Å². The molecule has 1 spiro atoms. The lowest BCUT2D eigenvalue weighted by Gasteiger charge is -2.39. The van der Waals surface area contributed by atoms with Gasteiger partial charge in [0, 0.05) is 44.5 Å². The van der Waals surface area contributed by atoms with Crippen LogP contribution in [0.1, 0.15) is 22.3 Å². The van der Waals surface area contributed by atoms with Crippen LogP contribution in [-0.4, -0.2) is 4.57 Å². The molecule has 11 rings (SSSR count). The molecule has 1 aliphatic carbocycles. The fourth-order valence-corrected chi connectivity index (χ4v) is 8.87. The molecule has 50 heavy (non-hydrogen) atoms. The van der Waals surface area contributed by atoms with Crippen LogP contribution in [0.15, 0.2) is 176 Å². The number of hydrogen-bond acceptors (Lipinski definition) is 2. The molecule has 0 unspecified atom stereocenters. The Hall–Kier alpha value is -6.58. The number of benzene rings is 8. The maximum absolute atomic E-state index is 6.60. The van der Waals surface area contributed by atoms with Crippen molar-refractivity contribution in [3.63, 3.8) is 0 Å². The third kappa shape index (κ3) is 3.58. The number of nitrogens with zero attached hydrogens (tertiary/aromatic N) is 1. The van der Waals surface area contributed by atoms with E-state index in [0.29, 0.717) is 0 Å². The minimum Gasteiger partial charge on any atom is -0.457 e. The largest absolute Gasteiger partial charge is 0.457 e. The normalized spacial score (nSPS) is 13.5. The first-order valence-electron chi connectivity index (χ1n) is 17.2. The van der Waals surface area contributed by atoms with E-state index in [9.17, 15) is 0 Å². The monoisotopic (exact) mass is 638 g/mol. The van der Waals surface area contributed by atoms with Crippen LogP contribution in [0.5, 0.6) is 11.5 Å². The van der Waals surface area contributed by atoms with E-state index < -0.39 is 5.41 Å². The van der Waals surface area contributed by atoms with E-state index in [1.54, 1.807) is 0 Å². The van der Waals surface area contributed by atoms with Gasteiger partial charge in [-0.1, -0.05) is 121 Å². The van der Waals surface area contributed by atoms with Crippen molar-refractivity contribution < 1.29 is 4.74 Å². The number of anilines is 2. The molecular weight excluding hydrogens is 609 g/mol. The van der Waals surface area contributed by atoms with Gasteiger partial charge in [0.1, 0.15) is 11.5 Å². The Morgan fingerprint density at radius 3 is 1.90 bits per heavy atom. The quantitative estimate of drug-likeness (QED) is 0.208. The van der Waals surface area contributed by atoms with E-state index in [0.717, 1.165) is 28.6 Å². The lowest BCUT2D eigenvalue weighted by Crippen LogP contribution is -2.32. The lowest BCUT2D eigenvalue weighted by atomic mass is 9.66. The zero-order chi connectivity index (χ0) is 32.8. The minimum absolute atomic E-state index is 0.537. The highest BCUT2D eigenvalue weighted by atomic mass is 16.5. The average Bonchev–Trinajstić information content (AvgIpc) is 3.67. The summed E-state index contributed by atoms with van der Waals surface area (Å²) >= 11 is 0. The van der Waals surface area contributed by atoms with Gasteiger partial charge in [-0.05, 0) is 82.1 Å². The summed E-state index contributed by atoms with van der Waals surface area (Å²) in [5.74, 6) is 1.80. The van der Waals surface area contributed by atoms with Gasteiger partial charge in [-0.3, -0.25) is 0 Å². The van der Waals surface area contributed by atoms with Gasteiger partial charge in [-0.15, -0.1) is 0 Å². The second kappa shape index (κ2) is 10.2. The topological polar surface area (TPSA) is 26.2 Å². The van der Waals surface area contributed by atoms with E-state index in [1.165, 1.54) is 66.0 Å². The number of rotatable bonds is 3. The van der Waals surface area contributed by atoms with Crippen molar-refractivity contribution in [1.29, 1.82) is 0 Å². The van der Waals surface area contributed by atoms with Crippen molar-refractivity contribution in [3.8, 4) is 28.3 Å².